The van der Waals surface area contributed by atoms with Gasteiger partial charge in [0.05, 0.1) is 17.0 Å². The van der Waals surface area contributed by atoms with E-state index in [0.29, 0.717) is 10.8 Å². The molecule has 0 saturated carbocycles. The van der Waals surface area contributed by atoms with E-state index in [1.54, 1.807) is 13.2 Å². The quantitative estimate of drug-likeness (QED) is 0.547. The van der Waals surface area contributed by atoms with E-state index >= 15 is 0 Å². The summed E-state index contributed by atoms with van der Waals surface area (Å²) in [7, 11) is 1.61. The lowest BCUT2D eigenvalue weighted by Crippen LogP contribution is -1.99. The molecule has 0 spiro atoms. The van der Waals surface area contributed by atoms with Gasteiger partial charge < -0.3 is 4.74 Å². The first-order chi connectivity index (χ1) is 9.43. The van der Waals surface area contributed by atoms with Crippen molar-refractivity contribution in [3.8, 4) is 5.75 Å². The van der Waals surface area contributed by atoms with E-state index in [9.17, 15) is 0 Å². The van der Waals surface area contributed by atoms with Crippen molar-refractivity contribution in [2.24, 2.45) is 0 Å². The molecule has 0 saturated heterocycles. The zero-order valence-electron chi connectivity index (χ0n) is 10.9. The Hall–Kier alpha value is -0.410. The van der Waals surface area contributed by atoms with Crippen LogP contribution in [0.25, 0.3) is 0 Å². The maximum atomic E-state index is 6.58. The lowest BCUT2D eigenvalue weighted by molar-refractivity contribution is 0.407. The second kappa shape index (κ2) is 6.57. The Balaban J connectivity index is 2.52. The van der Waals surface area contributed by atoms with Crippen LogP contribution in [0.2, 0.25) is 10.0 Å². The van der Waals surface area contributed by atoms with E-state index in [2.05, 4.69) is 15.9 Å². The highest BCUT2D eigenvalue weighted by atomic mass is 79.9. The van der Waals surface area contributed by atoms with E-state index in [-0.39, 0.29) is 5.38 Å². The second-order valence-electron chi connectivity index (χ2n) is 4.38. The van der Waals surface area contributed by atoms with Crippen LogP contribution in [0.4, 0.5) is 0 Å². The van der Waals surface area contributed by atoms with E-state index in [1.165, 1.54) is 0 Å². The standard InChI is InChI=1S/C15H12BrCl3O/c1-8-5-9(3-4-13(8)18)14(19)11-6-10(17)7-12(16)15(11)20-2/h3-7,14H,1-2H3. The Morgan fingerprint density at radius 3 is 2.45 bits per heavy atom. The van der Waals surface area contributed by atoms with E-state index < -0.39 is 0 Å². The number of rotatable bonds is 3. The summed E-state index contributed by atoms with van der Waals surface area (Å²) in [4.78, 5) is 0. The van der Waals surface area contributed by atoms with E-state index in [1.807, 2.05) is 31.2 Å². The van der Waals surface area contributed by atoms with Crippen molar-refractivity contribution in [2.75, 3.05) is 7.11 Å². The lowest BCUT2D eigenvalue weighted by atomic mass is 10.0. The third kappa shape index (κ3) is 3.25. The van der Waals surface area contributed by atoms with Crippen LogP contribution in [0.1, 0.15) is 22.1 Å². The van der Waals surface area contributed by atoms with Crippen LogP contribution in [-0.2, 0) is 0 Å². The van der Waals surface area contributed by atoms with Crippen LogP contribution in [-0.4, -0.2) is 7.11 Å². The molecule has 0 bridgehead atoms. The van der Waals surface area contributed by atoms with Crippen molar-refractivity contribution in [1.29, 1.82) is 0 Å². The highest BCUT2D eigenvalue weighted by Gasteiger charge is 2.19. The molecular formula is C15H12BrCl3O. The molecule has 0 heterocycles. The van der Waals surface area contributed by atoms with Crippen molar-refractivity contribution >= 4 is 50.7 Å². The number of halogens is 4. The first-order valence-electron chi connectivity index (χ1n) is 5.87. The van der Waals surface area contributed by atoms with Gasteiger partial charge in [-0.25, -0.2) is 0 Å². The number of benzene rings is 2. The smallest absolute Gasteiger partial charge is 0.138 e. The molecule has 1 atom stereocenters. The maximum absolute atomic E-state index is 6.58. The van der Waals surface area contributed by atoms with Gasteiger partial charge in [-0.2, -0.15) is 0 Å². The third-order valence-electron chi connectivity index (χ3n) is 2.99. The number of hydrogen-bond donors (Lipinski definition) is 0. The van der Waals surface area contributed by atoms with Crippen LogP contribution in [0.15, 0.2) is 34.8 Å². The molecule has 0 aromatic heterocycles. The summed E-state index contributed by atoms with van der Waals surface area (Å²) in [5, 5.41) is 0.955. The fourth-order valence-electron chi connectivity index (χ4n) is 1.99. The minimum absolute atomic E-state index is 0.365. The molecule has 0 amide bonds. The number of aryl methyl sites for hydroxylation is 1. The second-order valence-corrected chi connectivity index (χ2v) is 6.52. The predicted octanol–water partition coefficient (Wildman–Crippen LogP) is 6.40. The highest BCUT2D eigenvalue weighted by Crippen LogP contribution is 2.41. The van der Waals surface area contributed by atoms with Crippen LogP contribution in [0.3, 0.4) is 0 Å². The number of methoxy groups -OCH3 is 1. The molecular weight excluding hydrogens is 382 g/mol. The average molecular weight is 395 g/mol. The lowest BCUT2D eigenvalue weighted by Gasteiger charge is -2.17. The zero-order chi connectivity index (χ0) is 14.9. The molecule has 0 aliphatic rings. The molecule has 2 rings (SSSR count). The molecule has 5 heteroatoms. The molecule has 2 aromatic rings. The fraction of sp³-hybridized carbons (Fsp3) is 0.200. The van der Waals surface area contributed by atoms with Gasteiger partial charge in [0.1, 0.15) is 5.75 Å². The topological polar surface area (TPSA) is 9.23 Å². The van der Waals surface area contributed by atoms with Crippen LogP contribution < -0.4 is 4.74 Å². The number of hydrogen-bond acceptors (Lipinski definition) is 1. The van der Waals surface area contributed by atoms with Gasteiger partial charge in [0.2, 0.25) is 0 Å². The van der Waals surface area contributed by atoms with Crippen LogP contribution in [0, 0.1) is 6.92 Å². The third-order valence-corrected chi connectivity index (χ3v) is 4.71. The highest BCUT2D eigenvalue weighted by molar-refractivity contribution is 9.10. The summed E-state index contributed by atoms with van der Waals surface area (Å²) in [5.74, 6) is 0.682. The molecule has 1 nitrogen and oxygen atoms in total. The molecule has 0 radical (unpaired) electrons. The van der Waals surface area contributed by atoms with Gasteiger partial charge in [-0.3, -0.25) is 0 Å². The average Bonchev–Trinajstić information content (AvgIpc) is 2.40. The first kappa shape index (κ1) is 16.0. The zero-order valence-corrected chi connectivity index (χ0v) is 14.7. The SMILES string of the molecule is COc1c(Br)cc(Cl)cc1C(Cl)c1ccc(Cl)c(C)c1. The van der Waals surface area contributed by atoms with Crippen molar-refractivity contribution in [3.63, 3.8) is 0 Å². The summed E-state index contributed by atoms with van der Waals surface area (Å²) >= 11 is 22.2. The summed E-state index contributed by atoms with van der Waals surface area (Å²) < 4.78 is 6.19. The normalized spacial score (nSPS) is 12.3. The van der Waals surface area contributed by atoms with E-state index in [0.717, 1.165) is 26.2 Å². The van der Waals surface area contributed by atoms with Crippen molar-refractivity contribution in [1.82, 2.24) is 0 Å². The summed E-state index contributed by atoms with van der Waals surface area (Å²) in [6.45, 7) is 1.95. The predicted molar refractivity (Wildman–Crippen MR) is 89.6 cm³/mol. The van der Waals surface area contributed by atoms with Gasteiger partial charge in [0.15, 0.2) is 0 Å². The molecule has 0 fully saturated rings. The van der Waals surface area contributed by atoms with Crippen LogP contribution >= 0.6 is 50.7 Å². The summed E-state index contributed by atoms with van der Waals surface area (Å²) in [6, 6.07) is 9.30. The van der Waals surface area contributed by atoms with Crippen molar-refractivity contribution in [3.05, 3.63) is 61.5 Å². The van der Waals surface area contributed by atoms with Gasteiger partial charge in [0, 0.05) is 15.6 Å². The monoisotopic (exact) mass is 392 g/mol. The van der Waals surface area contributed by atoms with Crippen molar-refractivity contribution < 1.29 is 4.74 Å². The maximum Gasteiger partial charge on any atom is 0.138 e. The molecule has 0 aliphatic heterocycles. The summed E-state index contributed by atoms with van der Waals surface area (Å²) in [6.07, 6.45) is 0. The molecule has 106 valence electrons. The van der Waals surface area contributed by atoms with Gasteiger partial charge >= 0.3 is 0 Å². The first-order valence-corrected chi connectivity index (χ1v) is 7.85. The van der Waals surface area contributed by atoms with Crippen LogP contribution in [0.5, 0.6) is 5.75 Å². The van der Waals surface area contributed by atoms with Gasteiger partial charge in [0.25, 0.3) is 0 Å². The largest absolute Gasteiger partial charge is 0.495 e. The molecule has 2 aromatic carbocycles. The van der Waals surface area contributed by atoms with Crippen molar-refractivity contribution in [2.45, 2.75) is 12.3 Å². The van der Waals surface area contributed by atoms with E-state index in [4.69, 9.17) is 39.5 Å². The number of ether oxygens (including phenoxy) is 1. The number of alkyl halides is 1. The van der Waals surface area contributed by atoms with Gasteiger partial charge in [-0.15, -0.1) is 11.6 Å². The fourth-order valence-corrected chi connectivity index (χ4v) is 3.40. The molecule has 1 unspecified atom stereocenters. The summed E-state index contributed by atoms with van der Waals surface area (Å²) in [5.41, 5.74) is 2.74. The minimum atomic E-state index is -0.365. The Morgan fingerprint density at radius 2 is 1.85 bits per heavy atom. The molecule has 0 aliphatic carbocycles. The molecule has 0 N–H and O–H groups in total. The van der Waals surface area contributed by atoms with Gasteiger partial charge in [-0.1, -0.05) is 35.3 Å². The Morgan fingerprint density at radius 1 is 1.15 bits per heavy atom. The van der Waals surface area contributed by atoms with Gasteiger partial charge in [-0.05, 0) is 52.2 Å². The Labute approximate surface area is 141 Å². The molecule has 20 heavy (non-hydrogen) atoms. The minimum Gasteiger partial charge on any atom is -0.495 e. The Bertz CT molecular complexity index is 643. The Kier molecular flexibility index (Phi) is 5.25.